The summed E-state index contributed by atoms with van der Waals surface area (Å²) < 4.78 is 34.5. The van der Waals surface area contributed by atoms with Crippen molar-refractivity contribution < 1.29 is 18.3 Å². The maximum absolute atomic E-state index is 14.1. The number of thioether (sulfide) groups is 1. The molecule has 0 spiro atoms. The third-order valence-electron chi connectivity index (χ3n) is 5.24. The van der Waals surface area contributed by atoms with Crippen LogP contribution in [0.1, 0.15) is 43.1 Å². The van der Waals surface area contributed by atoms with Gasteiger partial charge in [-0.25, -0.2) is 13.8 Å². The van der Waals surface area contributed by atoms with Crippen molar-refractivity contribution in [3.05, 3.63) is 63.8 Å². The standard InChI is InChI=1S/C23H25F2N3O2S2/c1-14-5-2-9-18(23(32-14)30-15-6-4-11-26-12-10-15)27-21(29)19-13-31-22(28-19)20-16(24)7-3-8-17(20)25/h2-3,7-9,13-15,26H,4-6,10-12H2,1H3,(H,27,29). The summed E-state index contributed by atoms with van der Waals surface area (Å²) in [6.45, 7) is 4.01. The quantitative estimate of drug-likeness (QED) is 0.618. The Morgan fingerprint density at radius 3 is 2.88 bits per heavy atom. The van der Waals surface area contributed by atoms with Crippen molar-refractivity contribution in [3.63, 3.8) is 0 Å². The molecule has 2 atom stereocenters. The first-order chi connectivity index (χ1) is 15.5. The zero-order chi connectivity index (χ0) is 22.5. The summed E-state index contributed by atoms with van der Waals surface area (Å²) in [4.78, 5) is 17.1. The van der Waals surface area contributed by atoms with E-state index in [9.17, 15) is 13.6 Å². The fourth-order valence-corrected chi connectivity index (χ4v) is 5.42. The van der Waals surface area contributed by atoms with Gasteiger partial charge in [-0.05, 0) is 57.0 Å². The molecule has 2 unspecified atom stereocenters. The molecular weight excluding hydrogens is 452 g/mol. The van der Waals surface area contributed by atoms with Crippen LogP contribution in [0.4, 0.5) is 8.78 Å². The van der Waals surface area contributed by atoms with Gasteiger partial charge in [0.25, 0.3) is 5.91 Å². The lowest BCUT2D eigenvalue weighted by Crippen LogP contribution is -2.25. The summed E-state index contributed by atoms with van der Waals surface area (Å²) >= 11 is 2.63. The average molecular weight is 478 g/mol. The molecule has 1 fully saturated rings. The average Bonchev–Trinajstić information content (AvgIpc) is 2.99. The predicted molar refractivity (Wildman–Crippen MR) is 124 cm³/mol. The topological polar surface area (TPSA) is 63.2 Å². The molecule has 9 heteroatoms. The van der Waals surface area contributed by atoms with Gasteiger partial charge in [0.15, 0.2) is 5.09 Å². The first-order valence-corrected chi connectivity index (χ1v) is 12.4. The van der Waals surface area contributed by atoms with Crippen LogP contribution in [-0.4, -0.2) is 35.3 Å². The molecular formula is C23H25F2N3O2S2. The number of nitrogens with one attached hydrogen (secondary N) is 2. The Hall–Kier alpha value is -2.23. The minimum atomic E-state index is -0.709. The number of amides is 1. The van der Waals surface area contributed by atoms with E-state index >= 15 is 0 Å². The molecule has 1 saturated heterocycles. The van der Waals surface area contributed by atoms with Crippen LogP contribution >= 0.6 is 23.1 Å². The number of nitrogens with zero attached hydrogens (tertiary/aromatic N) is 1. The number of carbonyl (C=O) groups excluding carboxylic acids is 1. The number of benzene rings is 1. The van der Waals surface area contributed by atoms with Crippen LogP contribution in [0.2, 0.25) is 0 Å². The highest BCUT2D eigenvalue weighted by molar-refractivity contribution is 8.03. The van der Waals surface area contributed by atoms with Crippen molar-refractivity contribution in [1.29, 1.82) is 0 Å². The number of carbonyl (C=O) groups is 1. The highest BCUT2D eigenvalue weighted by Crippen LogP contribution is 2.33. The van der Waals surface area contributed by atoms with E-state index in [1.165, 1.54) is 23.6 Å². The second kappa shape index (κ2) is 10.6. The Kier molecular flexibility index (Phi) is 7.59. The van der Waals surface area contributed by atoms with Crippen LogP contribution in [-0.2, 0) is 4.74 Å². The minimum absolute atomic E-state index is 0.0907. The van der Waals surface area contributed by atoms with Gasteiger partial charge in [-0.15, -0.1) is 11.3 Å². The summed E-state index contributed by atoms with van der Waals surface area (Å²) in [5.74, 6) is -1.86. The van der Waals surface area contributed by atoms with Crippen molar-refractivity contribution in [1.82, 2.24) is 15.6 Å². The Morgan fingerprint density at radius 1 is 1.25 bits per heavy atom. The molecule has 5 nitrogen and oxygen atoms in total. The van der Waals surface area contributed by atoms with Crippen molar-refractivity contribution in [2.75, 3.05) is 13.1 Å². The first-order valence-electron chi connectivity index (χ1n) is 10.7. The third-order valence-corrected chi connectivity index (χ3v) is 7.22. The molecule has 2 aliphatic heterocycles. The molecule has 1 amide bonds. The number of ether oxygens (including phenoxy) is 1. The van der Waals surface area contributed by atoms with Crippen molar-refractivity contribution in [3.8, 4) is 10.6 Å². The number of halogens is 2. The molecule has 4 rings (SSSR count). The molecule has 32 heavy (non-hydrogen) atoms. The summed E-state index contributed by atoms with van der Waals surface area (Å²) in [5, 5.41) is 8.91. The Balaban J connectivity index is 1.55. The zero-order valence-electron chi connectivity index (χ0n) is 17.7. The maximum Gasteiger partial charge on any atom is 0.275 e. The molecule has 0 aliphatic carbocycles. The molecule has 1 aromatic heterocycles. The van der Waals surface area contributed by atoms with E-state index in [4.69, 9.17) is 4.74 Å². The predicted octanol–water partition coefficient (Wildman–Crippen LogP) is 5.23. The second-order valence-corrected chi connectivity index (χ2v) is 10.0. The first kappa shape index (κ1) is 22.9. The highest BCUT2D eigenvalue weighted by atomic mass is 32.2. The highest BCUT2D eigenvalue weighted by Gasteiger charge is 2.23. The number of hydrogen-bond donors (Lipinski definition) is 2. The summed E-state index contributed by atoms with van der Waals surface area (Å²) in [5.41, 5.74) is 0.475. The smallest absolute Gasteiger partial charge is 0.275 e. The maximum atomic E-state index is 14.1. The molecule has 1 aromatic carbocycles. The van der Waals surface area contributed by atoms with Gasteiger partial charge in [-0.3, -0.25) is 4.79 Å². The van der Waals surface area contributed by atoms with Gasteiger partial charge >= 0.3 is 0 Å². The number of aromatic nitrogens is 1. The Labute approximate surface area is 194 Å². The van der Waals surface area contributed by atoms with Gasteiger partial charge in [0, 0.05) is 10.6 Å². The summed E-state index contributed by atoms with van der Waals surface area (Å²) in [7, 11) is 0. The van der Waals surface area contributed by atoms with Gasteiger partial charge in [0.1, 0.15) is 28.4 Å². The largest absolute Gasteiger partial charge is 0.482 e. The SMILES string of the molecule is CC1CC=CC(NC(=O)c2csc(-c3c(F)cccc3F)n2)=C(OC2CCCNCC2)S1. The van der Waals surface area contributed by atoms with E-state index in [-0.39, 0.29) is 22.4 Å². The van der Waals surface area contributed by atoms with E-state index in [1.807, 2.05) is 12.2 Å². The monoisotopic (exact) mass is 477 g/mol. The van der Waals surface area contributed by atoms with Crippen LogP contribution < -0.4 is 10.6 Å². The van der Waals surface area contributed by atoms with E-state index in [2.05, 4.69) is 22.5 Å². The third kappa shape index (κ3) is 5.57. The number of hydrogen-bond acceptors (Lipinski definition) is 6. The lowest BCUT2D eigenvalue weighted by molar-refractivity contribution is 0.0950. The van der Waals surface area contributed by atoms with Crippen LogP contribution in [0, 0.1) is 11.6 Å². The lowest BCUT2D eigenvalue weighted by atomic mass is 10.2. The van der Waals surface area contributed by atoms with Crippen LogP contribution in [0.15, 0.2) is 46.5 Å². The Morgan fingerprint density at radius 2 is 2.06 bits per heavy atom. The molecule has 0 radical (unpaired) electrons. The van der Waals surface area contributed by atoms with E-state index in [0.29, 0.717) is 16.0 Å². The number of thiazole rings is 1. The van der Waals surface area contributed by atoms with E-state index in [1.54, 1.807) is 11.8 Å². The van der Waals surface area contributed by atoms with Crippen molar-refractivity contribution in [2.24, 2.45) is 0 Å². The van der Waals surface area contributed by atoms with Gasteiger partial charge in [0.05, 0.1) is 11.3 Å². The van der Waals surface area contributed by atoms with Crippen LogP contribution in [0.3, 0.4) is 0 Å². The van der Waals surface area contributed by atoms with Gasteiger partial charge < -0.3 is 15.4 Å². The molecule has 2 aromatic rings. The molecule has 3 heterocycles. The van der Waals surface area contributed by atoms with E-state index in [0.717, 1.165) is 50.1 Å². The molecule has 0 saturated carbocycles. The molecule has 2 aliphatic rings. The number of allylic oxidation sites excluding steroid dienone is 2. The number of rotatable bonds is 5. The fraction of sp³-hybridized carbons (Fsp3) is 0.391. The minimum Gasteiger partial charge on any atom is -0.482 e. The van der Waals surface area contributed by atoms with E-state index < -0.39 is 17.5 Å². The molecule has 0 bridgehead atoms. The van der Waals surface area contributed by atoms with Crippen LogP contribution in [0.5, 0.6) is 0 Å². The Bertz CT molecular complexity index is 1010. The zero-order valence-corrected chi connectivity index (χ0v) is 19.3. The van der Waals surface area contributed by atoms with Crippen molar-refractivity contribution >= 4 is 29.0 Å². The second-order valence-electron chi connectivity index (χ2n) is 7.78. The molecule has 170 valence electrons. The van der Waals surface area contributed by atoms with Crippen molar-refractivity contribution in [2.45, 2.75) is 44.0 Å². The molecule has 2 N–H and O–H groups in total. The summed E-state index contributed by atoms with van der Waals surface area (Å²) in [6, 6.07) is 3.64. The fourth-order valence-electron chi connectivity index (χ4n) is 3.56. The van der Waals surface area contributed by atoms with Gasteiger partial charge in [0.2, 0.25) is 0 Å². The lowest BCUT2D eigenvalue weighted by Gasteiger charge is -2.21. The van der Waals surface area contributed by atoms with Crippen LogP contribution in [0.25, 0.3) is 10.6 Å². The van der Waals surface area contributed by atoms with Gasteiger partial charge in [-0.1, -0.05) is 30.8 Å². The van der Waals surface area contributed by atoms with Gasteiger partial charge in [-0.2, -0.15) is 0 Å². The normalized spacial score (nSPS) is 21.7. The summed E-state index contributed by atoms with van der Waals surface area (Å²) in [6.07, 6.45) is 7.74.